The third kappa shape index (κ3) is 5.21. The predicted octanol–water partition coefficient (Wildman–Crippen LogP) is 5.61. The van der Waals surface area contributed by atoms with Gasteiger partial charge in [0.2, 0.25) is 0 Å². The molecule has 1 unspecified atom stereocenters. The highest BCUT2D eigenvalue weighted by molar-refractivity contribution is 6.04. The molecule has 0 aliphatic carbocycles. The highest BCUT2D eigenvalue weighted by Crippen LogP contribution is 2.31. The average Bonchev–Trinajstić information content (AvgIpc) is 3.42. The molecule has 5 aromatic rings. The van der Waals surface area contributed by atoms with Crippen LogP contribution in [0.4, 0.5) is 18.9 Å². The number of benzene rings is 2. The summed E-state index contributed by atoms with van der Waals surface area (Å²) in [5, 5.41) is 2.73. The van der Waals surface area contributed by atoms with E-state index in [0.29, 0.717) is 34.7 Å². The van der Waals surface area contributed by atoms with Gasteiger partial charge in [0.25, 0.3) is 11.5 Å². The lowest BCUT2D eigenvalue weighted by molar-refractivity contribution is -0.137. The molecule has 208 valence electrons. The van der Waals surface area contributed by atoms with E-state index in [0.717, 1.165) is 36.0 Å². The highest BCUT2D eigenvalue weighted by Gasteiger charge is 2.30. The van der Waals surface area contributed by atoms with Gasteiger partial charge in [0, 0.05) is 29.7 Å². The molecule has 1 aliphatic heterocycles. The van der Waals surface area contributed by atoms with Crippen molar-refractivity contribution in [2.75, 3.05) is 11.9 Å². The average molecular weight is 561 g/mol. The van der Waals surface area contributed by atoms with Crippen molar-refractivity contribution in [1.82, 2.24) is 24.1 Å². The maximum Gasteiger partial charge on any atom is 0.416 e. The number of aromatic nitrogens is 5. The maximum absolute atomic E-state index is 13.1. The van der Waals surface area contributed by atoms with Crippen LogP contribution in [0.2, 0.25) is 0 Å². The van der Waals surface area contributed by atoms with E-state index < -0.39 is 23.2 Å². The summed E-state index contributed by atoms with van der Waals surface area (Å²) in [7, 11) is 0. The summed E-state index contributed by atoms with van der Waals surface area (Å²) in [6.07, 6.45) is 2.85. The molecule has 6 rings (SSSR count). The van der Waals surface area contributed by atoms with E-state index >= 15 is 0 Å². The van der Waals surface area contributed by atoms with Gasteiger partial charge < -0.3 is 10.1 Å². The highest BCUT2D eigenvalue weighted by atomic mass is 19.4. The van der Waals surface area contributed by atoms with Crippen LogP contribution in [0.3, 0.4) is 0 Å². The van der Waals surface area contributed by atoms with Crippen molar-refractivity contribution in [3.05, 3.63) is 101 Å². The molecule has 1 saturated heterocycles. The fourth-order valence-electron chi connectivity index (χ4n) is 4.84. The molecule has 1 aliphatic rings. The second-order valence-electron chi connectivity index (χ2n) is 9.54. The molecule has 4 heterocycles. The van der Waals surface area contributed by atoms with Crippen LogP contribution in [0, 0.1) is 0 Å². The number of nitrogens with one attached hydrogen (secondary N) is 1. The van der Waals surface area contributed by atoms with Gasteiger partial charge >= 0.3 is 6.18 Å². The molecule has 9 nitrogen and oxygen atoms in total. The number of carbonyl (C=O) groups is 1. The molecule has 41 heavy (non-hydrogen) atoms. The zero-order valence-corrected chi connectivity index (χ0v) is 21.5. The van der Waals surface area contributed by atoms with E-state index in [9.17, 15) is 22.8 Å². The fraction of sp³-hybridized carbons (Fsp3) is 0.207. The Kier molecular flexibility index (Phi) is 6.83. The summed E-state index contributed by atoms with van der Waals surface area (Å²) in [4.78, 5) is 39.6. The minimum Gasteiger partial charge on any atom is -0.358 e. The van der Waals surface area contributed by atoms with Crippen molar-refractivity contribution in [2.45, 2.75) is 31.7 Å². The number of amides is 1. The lowest BCUT2D eigenvalue weighted by Crippen LogP contribution is -2.27. The number of hydrogen-bond donors (Lipinski definition) is 1. The van der Waals surface area contributed by atoms with Gasteiger partial charge in [0.1, 0.15) is 29.3 Å². The number of halogens is 3. The minimum absolute atomic E-state index is 0.139. The van der Waals surface area contributed by atoms with Crippen LogP contribution in [-0.4, -0.2) is 36.6 Å². The largest absolute Gasteiger partial charge is 0.416 e. The summed E-state index contributed by atoms with van der Waals surface area (Å²) in [6, 6.07) is 13.9. The molecule has 1 amide bonds. The predicted molar refractivity (Wildman–Crippen MR) is 145 cm³/mol. The van der Waals surface area contributed by atoms with Crippen LogP contribution >= 0.6 is 0 Å². The Morgan fingerprint density at radius 3 is 2.59 bits per heavy atom. The van der Waals surface area contributed by atoms with E-state index in [4.69, 9.17) is 4.74 Å². The second kappa shape index (κ2) is 10.6. The van der Waals surface area contributed by atoms with Gasteiger partial charge in [0.05, 0.1) is 11.9 Å². The van der Waals surface area contributed by atoms with E-state index in [1.807, 2.05) is 10.6 Å². The molecule has 0 bridgehead atoms. The van der Waals surface area contributed by atoms with Gasteiger partial charge in [-0.15, -0.1) is 0 Å². The number of alkyl halides is 3. The Morgan fingerprint density at radius 1 is 1.00 bits per heavy atom. The Morgan fingerprint density at radius 2 is 1.83 bits per heavy atom. The molecule has 3 aromatic heterocycles. The summed E-state index contributed by atoms with van der Waals surface area (Å²) < 4.78 is 47.7. The van der Waals surface area contributed by atoms with Gasteiger partial charge in [-0.1, -0.05) is 12.1 Å². The van der Waals surface area contributed by atoms with Crippen molar-refractivity contribution in [3.8, 4) is 16.9 Å². The van der Waals surface area contributed by atoms with Crippen molar-refractivity contribution in [3.63, 3.8) is 0 Å². The van der Waals surface area contributed by atoms with Gasteiger partial charge in [-0.25, -0.2) is 15.0 Å². The normalized spacial score (nSPS) is 15.6. The molecule has 1 atom stereocenters. The molecule has 0 saturated carbocycles. The first kappa shape index (κ1) is 26.4. The molecule has 1 N–H and O–H groups in total. The first-order valence-electron chi connectivity index (χ1n) is 12.9. The van der Waals surface area contributed by atoms with Crippen LogP contribution in [0.5, 0.6) is 0 Å². The third-order valence-corrected chi connectivity index (χ3v) is 6.88. The number of pyridine rings is 1. The number of hydrogen-bond acceptors (Lipinski definition) is 6. The maximum atomic E-state index is 13.1. The Balaban J connectivity index is 1.26. The SMILES string of the molecule is O=C(Nc1cccc(-c2ncnc3c2ncn3C2CCCCO2)c1)c1cccn(-c2ccc(C(F)(F)F)cc2)c1=O. The van der Waals surface area contributed by atoms with E-state index in [1.165, 1.54) is 36.8 Å². The van der Waals surface area contributed by atoms with Gasteiger partial charge in [-0.05, 0) is 67.8 Å². The third-order valence-electron chi connectivity index (χ3n) is 6.88. The molecule has 1 fully saturated rings. The monoisotopic (exact) mass is 560 g/mol. The smallest absolute Gasteiger partial charge is 0.358 e. The number of fused-ring (bicyclic) bond motifs is 1. The summed E-state index contributed by atoms with van der Waals surface area (Å²) in [5.41, 5.74) is 1.42. The number of ether oxygens (including phenoxy) is 1. The number of imidazole rings is 1. The van der Waals surface area contributed by atoms with Crippen LogP contribution in [0.15, 0.2) is 84.3 Å². The Labute approximate surface area is 231 Å². The molecule has 0 radical (unpaired) electrons. The number of rotatable bonds is 5. The fourth-order valence-corrected chi connectivity index (χ4v) is 4.84. The first-order chi connectivity index (χ1) is 19.8. The molecular weight excluding hydrogens is 537 g/mol. The quantitative estimate of drug-likeness (QED) is 0.300. The van der Waals surface area contributed by atoms with Crippen molar-refractivity contribution < 1.29 is 22.7 Å². The van der Waals surface area contributed by atoms with E-state index in [2.05, 4.69) is 20.3 Å². The Bertz CT molecular complexity index is 1790. The lowest BCUT2D eigenvalue weighted by atomic mass is 10.1. The number of carbonyl (C=O) groups excluding carboxylic acids is 1. The Hall–Kier alpha value is -4.84. The molecule has 2 aromatic carbocycles. The molecule has 12 heteroatoms. The molecule has 0 spiro atoms. The zero-order valence-electron chi connectivity index (χ0n) is 21.5. The summed E-state index contributed by atoms with van der Waals surface area (Å²) >= 11 is 0. The van der Waals surface area contributed by atoms with Crippen molar-refractivity contribution in [1.29, 1.82) is 0 Å². The van der Waals surface area contributed by atoms with Crippen molar-refractivity contribution >= 4 is 22.8 Å². The van der Waals surface area contributed by atoms with Crippen LogP contribution in [0.25, 0.3) is 28.1 Å². The van der Waals surface area contributed by atoms with Crippen LogP contribution < -0.4 is 10.9 Å². The number of anilines is 1. The standard InChI is InChI=1S/C29H23F3N6O3/c30-29(31,32)19-9-11-21(12-10-19)37-13-4-7-22(28(37)40)27(39)36-20-6-3-5-18(15-20)24-25-26(34-16-33-24)38(17-35-25)23-8-1-2-14-41-23/h3-7,9-13,15-17,23H,1-2,8,14H2,(H,36,39). The minimum atomic E-state index is -4.50. The van der Waals surface area contributed by atoms with E-state index in [-0.39, 0.29) is 17.5 Å². The van der Waals surface area contributed by atoms with Crippen LogP contribution in [-0.2, 0) is 10.9 Å². The topological polar surface area (TPSA) is 104 Å². The lowest BCUT2D eigenvalue weighted by Gasteiger charge is -2.23. The van der Waals surface area contributed by atoms with Gasteiger partial charge in [-0.3, -0.25) is 18.7 Å². The van der Waals surface area contributed by atoms with E-state index in [1.54, 1.807) is 24.5 Å². The first-order valence-corrected chi connectivity index (χ1v) is 12.9. The second-order valence-corrected chi connectivity index (χ2v) is 9.54. The molecular formula is C29H23F3N6O3. The van der Waals surface area contributed by atoms with Gasteiger partial charge in [0.15, 0.2) is 5.65 Å². The van der Waals surface area contributed by atoms with Gasteiger partial charge in [-0.2, -0.15) is 13.2 Å². The van der Waals surface area contributed by atoms with Crippen molar-refractivity contribution in [2.24, 2.45) is 0 Å². The van der Waals surface area contributed by atoms with Crippen LogP contribution in [0.1, 0.15) is 41.4 Å². The summed E-state index contributed by atoms with van der Waals surface area (Å²) in [5.74, 6) is -0.667. The summed E-state index contributed by atoms with van der Waals surface area (Å²) in [6.45, 7) is 0.681. The number of nitrogens with zero attached hydrogens (tertiary/aromatic N) is 5. The zero-order chi connectivity index (χ0) is 28.6.